The number of carbonyl (C=O) groups is 2. The van der Waals surface area contributed by atoms with Crippen LogP contribution in [0, 0.1) is 0 Å². The van der Waals surface area contributed by atoms with Crippen LogP contribution in [0.25, 0.3) is 0 Å². The van der Waals surface area contributed by atoms with Gasteiger partial charge in [-0.1, -0.05) is 28.1 Å². The van der Waals surface area contributed by atoms with E-state index in [0.29, 0.717) is 6.54 Å². The van der Waals surface area contributed by atoms with Gasteiger partial charge in [-0.15, -0.1) is 0 Å². The van der Waals surface area contributed by atoms with Crippen LogP contribution in [-0.4, -0.2) is 37.0 Å². The fourth-order valence-corrected chi connectivity index (χ4v) is 1.97. The summed E-state index contributed by atoms with van der Waals surface area (Å²) < 4.78 is 0.961. The summed E-state index contributed by atoms with van der Waals surface area (Å²) in [5.41, 5.74) is 0.983. The maximum atomic E-state index is 11.6. The fraction of sp³-hybridized carbons (Fsp3) is 0.385. The van der Waals surface area contributed by atoms with Gasteiger partial charge >= 0.3 is 6.03 Å². The lowest BCUT2D eigenvalue weighted by atomic mass is 10.2. The lowest BCUT2D eigenvalue weighted by molar-refractivity contribution is -0.130. The first-order valence-electron chi connectivity index (χ1n) is 5.90. The Morgan fingerprint density at radius 2 is 2.05 bits per heavy atom. The summed E-state index contributed by atoms with van der Waals surface area (Å²) in [4.78, 5) is 24.7. The van der Waals surface area contributed by atoms with Crippen molar-refractivity contribution in [1.29, 1.82) is 0 Å². The van der Waals surface area contributed by atoms with Gasteiger partial charge in [0.25, 0.3) is 0 Å². The van der Waals surface area contributed by atoms with Crippen molar-refractivity contribution >= 4 is 27.9 Å². The van der Waals surface area contributed by atoms with E-state index in [1.807, 2.05) is 24.3 Å². The second-order valence-electron chi connectivity index (χ2n) is 4.41. The highest BCUT2D eigenvalue weighted by molar-refractivity contribution is 9.10. The van der Waals surface area contributed by atoms with Crippen molar-refractivity contribution in [2.75, 3.05) is 14.1 Å². The predicted octanol–water partition coefficient (Wildman–Crippen LogP) is 1.73. The SMILES string of the molecule is CC(NC(=O)NCc1cccc(Br)c1)C(=O)N(C)C. The van der Waals surface area contributed by atoms with Gasteiger partial charge < -0.3 is 15.5 Å². The molecule has 2 N–H and O–H groups in total. The third-order valence-corrected chi connectivity index (χ3v) is 2.99. The Kier molecular flexibility index (Phi) is 5.82. The summed E-state index contributed by atoms with van der Waals surface area (Å²) in [7, 11) is 3.31. The zero-order valence-electron chi connectivity index (χ0n) is 11.2. The highest BCUT2D eigenvalue weighted by Gasteiger charge is 2.16. The minimum Gasteiger partial charge on any atom is -0.347 e. The number of urea groups is 1. The van der Waals surface area contributed by atoms with Crippen molar-refractivity contribution in [3.05, 3.63) is 34.3 Å². The number of hydrogen-bond donors (Lipinski definition) is 2. The molecule has 0 saturated heterocycles. The molecular weight excluding hydrogens is 310 g/mol. The molecule has 19 heavy (non-hydrogen) atoms. The third kappa shape index (κ3) is 5.30. The van der Waals surface area contributed by atoms with E-state index in [9.17, 15) is 9.59 Å². The molecule has 6 heteroatoms. The normalized spacial score (nSPS) is 11.6. The molecule has 1 rings (SSSR count). The van der Waals surface area contributed by atoms with Crippen molar-refractivity contribution in [3.8, 4) is 0 Å². The molecule has 3 amide bonds. The van der Waals surface area contributed by atoms with E-state index in [2.05, 4.69) is 26.6 Å². The number of hydrogen-bond acceptors (Lipinski definition) is 2. The van der Waals surface area contributed by atoms with Crippen molar-refractivity contribution in [2.45, 2.75) is 19.5 Å². The van der Waals surface area contributed by atoms with Crippen molar-refractivity contribution in [2.24, 2.45) is 0 Å². The van der Waals surface area contributed by atoms with Crippen LogP contribution in [0.2, 0.25) is 0 Å². The lowest BCUT2D eigenvalue weighted by Gasteiger charge is -2.18. The fourth-order valence-electron chi connectivity index (χ4n) is 1.53. The van der Waals surface area contributed by atoms with Crippen LogP contribution in [-0.2, 0) is 11.3 Å². The Bertz CT molecular complexity index is 463. The molecule has 0 heterocycles. The number of amides is 3. The molecule has 1 unspecified atom stereocenters. The van der Waals surface area contributed by atoms with E-state index in [1.165, 1.54) is 4.90 Å². The van der Waals surface area contributed by atoms with E-state index in [4.69, 9.17) is 0 Å². The number of carbonyl (C=O) groups excluding carboxylic acids is 2. The summed E-state index contributed by atoms with van der Waals surface area (Å²) in [6.07, 6.45) is 0. The zero-order valence-corrected chi connectivity index (χ0v) is 12.8. The first-order chi connectivity index (χ1) is 8.90. The molecule has 0 spiro atoms. The summed E-state index contributed by atoms with van der Waals surface area (Å²) in [6, 6.07) is 6.76. The number of likely N-dealkylation sites (N-methyl/N-ethyl adjacent to an activating group) is 1. The van der Waals surface area contributed by atoms with Crippen LogP contribution in [0.3, 0.4) is 0 Å². The molecular formula is C13H18BrN3O2. The molecule has 5 nitrogen and oxygen atoms in total. The van der Waals surface area contributed by atoms with Crippen LogP contribution in [0.15, 0.2) is 28.7 Å². The first-order valence-corrected chi connectivity index (χ1v) is 6.69. The molecule has 0 aromatic heterocycles. The number of nitrogens with one attached hydrogen (secondary N) is 2. The smallest absolute Gasteiger partial charge is 0.315 e. The van der Waals surface area contributed by atoms with Crippen LogP contribution in [0.5, 0.6) is 0 Å². The third-order valence-electron chi connectivity index (χ3n) is 2.50. The van der Waals surface area contributed by atoms with Gasteiger partial charge in [-0.2, -0.15) is 0 Å². The molecule has 0 aliphatic heterocycles. The first kappa shape index (κ1) is 15.5. The van der Waals surface area contributed by atoms with Crippen molar-refractivity contribution in [1.82, 2.24) is 15.5 Å². The summed E-state index contributed by atoms with van der Waals surface area (Å²) in [5.74, 6) is -0.141. The number of rotatable bonds is 4. The van der Waals surface area contributed by atoms with Gasteiger partial charge in [-0.3, -0.25) is 4.79 Å². The summed E-state index contributed by atoms with van der Waals surface area (Å²) >= 11 is 3.37. The Hall–Kier alpha value is -1.56. The number of nitrogens with zero attached hydrogens (tertiary/aromatic N) is 1. The van der Waals surface area contributed by atoms with Gasteiger partial charge in [0.1, 0.15) is 6.04 Å². The monoisotopic (exact) mass is 327 g/mol. The van der Waals surface area contributed by atoms with Crippen molar-refractivity contribution in [3.63, 3.8) is 0 Å². The molecule has 0 saturated carbocycles. The van der Waals surface area contributed by atoms with Crippen LogP contribution < -0.4 is 10.6 Å². The topological polar surface area (TPSA) is 61.4 Å². The van der Waals surface area contributed by atoms with Crippen LogP contribution >= 0.6 is 15.9 Å². The Labute approximate surface area is 121 Å². The molecule has 0 radical (unpaired) electrons. The molecule has 1 aromatic carbocycles. The molecule has 0 bridgehead atoms. The van der Waals surface area contributed by atoms with Crippen LogP contribution in [0.4, 0.5) is 4.79 Å². The van der Waals surface area contributed by atoms with Crippen molar-refractivity contribution < 1.29 is 9.59 Å². The zero-order chi connectivity index (χ0) is 14.4. The molecule has 1 aromatic rings. The van der Waals surface area contributed by atoms with E-state index >= 15 is 0 Å². The Morgan fingerprint density at radius 3 is 2.63 bits per heavy atom. The lowest BCUT2D eigenvalue weighted by Crippen LogP contribution is -2.47. The molecule has 0 aliphatic carbocycles. The van der Waals surface area contributed by atoms with Gasteiger partial charge in [-0.25, -0.2) is 4.79 Å². The van der Waals surface area contributed by atoms with Gasteiger partial charge in [-0.05, 0) is 24.6 Å². The van der Waals surface area contributed by atoms with Gasteiger partial charge in [0, 0.05) is 25.1 Å². The average Bonchev–Trinajstić information content (AvgIpc) is 2.35. The molecule has 1 atom stereocenters. The standard InChI is InChI=1S/C13H18BrN3O2/c1-9(12(18)17(2)3)16-13(19)15-8-10-5-4-6-11(14)7-10/h4-7,9H,8H2,1-3H3,(H2,15,16,19). The number of benzene rings is 1. The van der Waals surface area contributed by atoms with Crippen LogP contribution in [0.1, 0.15) is 12.5 Å². The van der Waals surface area contributed by atoms with Gasteiger partial charge in [0.15, 0.2) is 0 Å². The highest BCUT2D eigenvalue weighted by Crippen LogP contribution is 2.11. The second kappa shape index (κ2) is 7.13. The predicted molar refractivity (Wildman–Crippen MR) is 77.7 cm³/mol. The maximum Gasteiger partial charge on any atom is 0.315 e. The number of halogens is 1. The van der Waals surface area contributed by atoms with E-state index in [0.717, 1.165) is 10.0 Å². The maximum absolute atomic E-state index is 11.6. The van der Waals surface area contributed by atoms with Gasteiger partial charge in [0.2, 0.25) is 5.91 Å². The summed E-state index contributed by atoms with van der Waals surface area (Å²) in [6.45, 7) is 2.06. The molecule has 0 fully saturated rings. The van der Waals surface area contributed by atoms with E-state index < -0.39 is 6.04 Å². The Balaban J connectivity index is 2.42. The second-order valence-corrected chi connectivity index (χ2v) is 5.33. The molecule has 0 aliphatic rings. The average molecular weight is 328 g/mol. The minimum atomic E-state index is -0.544. The Morgan fingerprint density at radius 1 is 1.37 bits per heavy atom. The summed E-state index contributed by atoms with van der Waals surface area (Å²) in [5, 5.41) is 5.30. The minimum absolute atomic E-state index is 0.141. The molecule has 104 valence electrons. The van der Waals surface area contributed by atoms with Gasteiger partial charge in [0.05, 0.1) is 0 Å². The largest absolute Gasteiger partial charge is 0.347 e. The van der Waals surface area contributed by atoms with E-state index in [-0.39, 0.29) is 11.9 Å². The van der Waals surface area contributed by atoms with E-state index in [1.54, 1.807) is 21.0 Å². The highest BCUT2D eigenvalue weighted by atomic mass is 79.9. The quantitative estimate of drug-likeness (QED) is 0.884.